The summed E-state index contributed by atoms with van der Waals surface area (Å²) in [5.74, 6) is -15.0. The highest BCUT2D eigenvalue weighted by Crippen LogP contribution is 2.43. The zero-order chi connectivity index (χ0) is 63.7. The normalized spacial score (nSPS) is 28.0. The number of carbonyl (C=O) groups is 12. The summed E-state index contributed by atoms with van der Waals surface area (Å²) in [7, 11) is 0.827. The number of methoxy groups -OCH3 is 1. The number of carbonyl (C=O) groups excluding carboxylic acids is 12. The first-order valence-electron chi connectivity index (χ1n) is 25.6. The van der Waals surface area contributed by atoms with Crippen molar-refractivity contribution < 1.29 is 133 Å². The van der Waals surface area contributed by atoms with Gasteiger partial charge in [0.15, 0.2) is 36.8 Å². The van der Waals surface area contributed by atoms with E-state index in [0.717, 1.165) is 88.1 Å². The first-order valence-corrected chi connectivity index (χ1v) is 27.6. The van der Waals surface area contributed by atoms with Gasteiger partial charge < -0.3 is 86.4 Å². The third-order valence-corrected chi connectivity index (χ3v) is 13.3. The number of esters is 10. The van der Waals surface area contributed by atoms with Gasteiger partial charge in [-0.15, -0.1) is 0 Å². The standard InChI is InChI=1S/C51H65Cl3N2O28S/c1-22(57)55-37-33(74-26(5)61)17-50(48(67)69-11,83-43(37)40(76-28(7)63)34(75-27(6)62)18-70-23(2)58)84-44-41(77-29(8)64)35(19-71-24(3)59)80-46(45(44)79-31(10)66)82-39-36(20-72-25(4)60)81-47(85-32-15-13-12-14-16-32)38(42(39)78-30(9)65)56-49(68)73-21-51(52,53)54/h12-16,33-47H,17-21H2,1-11H3,(H,55,57)(H,56,68)/t33-,34+,35+,36+,37+,38+,39+,40+,41-,42+,43+,44-,45+,46-,47-,50-/m0/s1. The third kappa shape index (κ3) is 22.2. The molecule has 0 unspecified atom stereocenters. The van der Waals surface area contributed by atoms with E-state index >= 15 is 0 Å². The smallest absolute Gasteiger partial charge is 0.407 e. The molecule has 30 nitrogen and oxygen atoms in total. The van der Waals surface area contributed by atoms with Gasteiger partial charge in [0.25, 0.3) is 5.79 Å². The molecule has 2 amide bonds. The summed E-state index contributed by atoms with van der Waals surface area (Å²) < 4.78 is 91.4. The summed E-state index contributed by atoms with van der Waals surface area (Å²) in [6, 6.07) is 5.03. The van der Waals surface area contributed by atoms with Crippen molar-refractivity contribution in [3.8, 4) is 0 Å². The molecular weight excluding hydrogens is 1230 g/mol. The van der Waals surface area contributed by atoms with E-state index in [1.54, 1.807) is 30.3 Å². The second-order valence-electron chi connectivity index (χ2n) is 18.8. The predicted molar refractivity (Wildman–Crippen MR) is 283 cm³/mol. The van der Waals surface area contributed by atoms with Crippen LogP contribution in [0, 0.1) is 0 Å². The molecule has 34 heteroatoms. The van der Waals surface area contributed by atoms with Gasteiger partial charge in [-0.1, -0.05) is 64.8 Å². The topological polar surface area (TPSA) is 377 Å². The van der Waals surface area contributed by atoms with E-state index in [0.29, 0.717) is 4.90 Å². The van der Waals surface area contributed by atoms with Gasteiger partial charge in [-0.2, -0.15) is 0 Å². The Hall–Kier alpha value is -6.32. The number of benzene rings is 1. The van der Waals surface area contributed by atoms with Crippen molar-refractivity contribution in [3.05, 3.63) is 30.3 Å². The third-order valence-electron chi connectivity index (χ3n) is 11.8. The van der Waals surface area contributed by atoms with Crippen LogP contribution in [0.5, 0.6) is 0 Å². The number of halogens is 3. The molecule has 3 aliphatic heterocycles. The number of rotatable bonds is 24. The Bertz CT molecular complexity index is 2580. The van der Waals surface area contributed by atoms with Crippen LogP contribution < -0.4 is 10.6 Å². The Kier molecular flexibility index (Phi) is 27.1. The van der Waals surface area contributed by atoms with Gasteiger partial charge in [0, 0.05) is 74.1 Å². The van der Waals surface area contributed by atoms with Gasteiger partial charge in [0.1, 0.15) is 74.5 Å². The van der Waals surface area contributed by atoms with E-state index in [1.807, 2.05) is 0 Å². The van der Waals surface area contributed by atoms with Crippen molar-refractivity contribution in [3.63, 3.8) is 0 Å². The molecule has 85 heavy (non-hydrogen) atoms. The fourth-order valence-electron chi connectivity index (χ4n) is 8.95. The van der Waals surface area contributed by atoms with Gasteiger partial charge >= 0.3 is 65.8 Å². The SMILES string of the molecule is COC(=O)[C@@]1(O[C@H]2[C@@H](OC(C)=O)[C@@H](COC(C)=O)O[C@@H](O[C@H]3[C@H](OC(C)=O)[C@@H](NC(=O)OCC(Cl)(Cl)Cl)[C@H](Sc4ccccc4)O[C@@H]3COC(C)=O)[C@@H]2OC(C)=O)C[C@H](OC(C)=O)[C@@H](NC(C)=O)[C@H]([C@H](OC(C)=O)[C@@H](COC(C)=O)OC(C)=O)O1. The van der Waals surface area contributed by atoms with E-state index in [-0.39, 0.29) is 0 Å². The molecule has 4 rings (SSSR count). The fraction of sp³-hybridized carbons (Fsp3) is 0.647. The van der Waals surface area contributed by atoms with Gasteiger partial charge in [-0.3, -0.25) is 47.9 Å². The lowest BCUT2D eigenvalue weighted by atomic mass is 9.87. The van der Waals surface area contributed by atoms with Crippen molar-refractivity contribution in [1.29, 1.82) is 0 Å². The summed E-state index contributed by atoms with van der Waals surface area (Å²) in [4.78, 5) is 158. The monoisotopic (exact) mass is 1290 g/mol. The number of thioether (sulfide) groups is 1. The molecule has 0 saturated carbocycles. The lowest BCUT2D eigenvalue weighted by Crippen LogP contribution is -2.72. The Morgan fingerprint density at radius 2 is 1.15 bits per heavy atom. The number of hydrogen-bond acceptors (Lipinski definition) is 29. The molecule has 0 aromatic heterocycles. The molecule has 0 bridgehead atoms. The molecule has 1 aromatic carbocycles. The maximum Gasteiger partial charge on any atom is 0.407 e. The average Bonchev–Trinajstić information content (AvgIpc) is 1.71. The molecule has 1 aromatic rings. The first kappa shape index (κ1) is 71.2. The average molecular weight is 1290 g/mol. The summed E-state index contributed by atoms with van der Waals surface area (Å²) in [6.45, 7) is 6.21. The minimum atomic E-state index is -3.18. The molecule has 0 aliphatic carbocycles. The molecule has 3 fully saturated rings. The van der Waals surface area contributed by atoms with Gasteiger partial charge in [0.05, 0.1) is 19.6 Å². The number of nitrogens with one attached hydrogen (secondary N) is 2. The van der Waals surface area contributed by atoms with E-state index in [9.17, 15) is 57.5 Å². The molecule has 2 N–H and O–H groups in total. The minimum absolute atomic E-state index is 0.507. The molecule has 0 spiro atoms. The Morgan fingerprint density at radius 1 is 0.612 bits per heavy atom. The summed E-state index contributed by atoms with van der Waals surface area (Å²) in [5, 5.41) is 5.04. The van der Waals surface area contributed by atoms with E-state index in [4.69, 9.17) is 111 Å². The quantitative estimate of drug-likeness (QED) is 0.0848. The van der Waals surface area contributed by atoms with Crippen LogP contribution in [-0.2, 0) is 129 Å². The Labute approximate surface area is 505 Å². The van der Waals surface area contributed by atoms with Crippen LogP contribution in [0.3, 0.4) is 0 Å². The maximum absolute atomic E-state index is 14.8. The van der Waals surface area contributed by atoms with E-state index in [2.05, 4.69) is 10.6 Å². The summed E-state index contributed by atoms with van der Waals surface area (Å²) in [5.41, 5.74) is -1.33. The zero-order valence-electron chi connectivity index (χ0n) is 47.6. The second-order valence-corrected chi connectivity index (χ2v) is 22.5. The summed E-state index contributed by atoms with van der Waals surface area (Å²) >= 11 is 18.6. The molecule has 16 atom stereocenters. The van der Waals surface area contributed by atoms with Crippen molar-refractivity contribution in [2.75, 3.05) is 33.5 Å². The number of alkyl carbamates (subject to hydrolysis) is 1. The van der Waals surface area contributed by atoms with Crippen molar-refractivity contribution in [2.24, 2.45) is 0 Å². The molecule has 474 valence electrons. The van der Waals surface area contributed by atoms with E-state index < -0.39 is 205 Å². The van der Waals surface area contributed by atoms with Crippen LogP contribution in [0.25, 0.3) is 0 Å². The van der Waals surface area contributed by atoms with Gasteiger partial charge in [-0.05, 0) is 12.1 Å². The highest BCUT2D eigenvalue weighted by atomic mass is 35.6. The van der Waals surface area contributed by atoms with Gasteiger partial charge in [0.2, 0.25) is 9.70 Å². The molecule has 3 aliphatic rings. The van der Waals surface area contributed by atoms with Crippen molar-refractivity contribution in [2.45, 2.75) is 181 Å². The van der Waals surface area contributed by atoms with Gasteiger partial charge in [-0.25, -0.2) is 9.59 Å². The minimum Gasteiger partial charge on any atom is -0.465 e. The first-order chi connectivity index (χ1) is 39.7. The number of ether oxygens (including phenoxy) is 16. The molecule has 0 radical (unpaired) electrons. The molecule has 3 saturated heterocycles. The largest absolute Gasteiger partial charge is 0.465 e. The second kappa shape index (κ2) is 32.4. The van der Waals surface area contributed by atoms with Crippen LogP contribution in [0.15, 0.2) is 35.2 Å². The van der Waals surface area contributed by atoms with Crippen molar-refractivity contribution in [1.82, 2.24) is 10.6 Å². The fourth-order valence-corrected chi connectivity index (χ4v) is 10.3. The highest BCUT2D eigenvalue weighted by molar-refractivity contribution is 7.99. The van der Waals surface area contributed by atoms with Crippen LogP contribution in [0.2, 0.25) is 0 Å². The highest BCUT2D eigenvalue weighted by Gasteiger charge is 2.64. The Balaban J connectivity index is 2.10. The number of amides is 2. The lowest BCUT2D eigenvalue weighted by Gasteiger charge is -2.52. The van der Waals surface area contributed by atoms with Crippen LogP contribution in [0.4, 0.5) is 4.79 Å². The number of alkyl halides is 3. The molecule has 3 heterocycles. The van der Waals surface area contributed by atoms with Crippen molar-refractivity contribution >= 4 is 118 Å². The van der Waals surface area contributed by atoms with Crippen LogP contribution in [-0.4, -0.2) is 206 Å². The van der Waals surface area contributed by atoms with Crippen LogP contribution in [0.1, 0.15) is 75.7 Å². The Morgan fingerprint density at radius 3 is 1.66 bits per heavy atom. The number of hydrogen-bond donors (Lipinski definition) is 2. The lowest BCUT2D eigenvalue weighted by molar-refractivity contribution is -0.379. The van der Waals surface area contributed by atoms with Crippen LogP contribution >= 0.6 is 46.6 Å². The van der Waals surface area contributed by atoms with E-state index in [1.165, 1.54) is 0 Å². The maximum atomic E-state index is 14.8. The zero-order valence-corrected chi connectivity index (χ0v) is 50.6. The predicted octanol–water partition coefficient (Wildman–Crippen LogP) is 1.91. The summed E-state index contributed by atoms with van der Waals surface area (Å²) in [6.07, 6.45) is -26.3. The molecular formula is C51H65Cl3N2O28S.